The van der Waals surface area contributed by atoms with E-state index in [-0.39, 0.29) is 0 Å². The molecular formula is C17H23NO4. The topological polar surface area (TPSA) is 72.6 Å². The SMILES string of the molecule is COC(=O)C(C)(C)C(O)/C(C)=C/C=C/C=C/Cc1cnco1. The molecule has 0 amide bonds. The van der Waals surface area contributed by atoms with Gasteiger partial charge in [-0.25, -0.2) is 4.98 Å². The van der Waals surface area contributed by atoms with Gasteiger partial charge in [-0.2, -0.15) is 0 Å². The fraction of sp³-hybridized carbons (Fsp3) is 0.412. The average Bonchev–Trinajstić information content (AvgIpc) is 3.01. The van der Waals surface area contributed by atoms with E-state index < -0.39 is 17.5 Å². The van der Waals surface area contributed by atoms with Crippen molar-refractivity contribution in [2.75, 3.05) is 7.11 Å². The molecule has 0 fully saturated rings. The highest BCUT2D eigenvalue weighted by Crippen LogP contribution is 2.27. The van der Waals surface area contributed by atoms with Crippen molar-refractivity contribution in [2.45, 2.75) is 33.3 Å². The van der Waals surface area contributed by atoms with E-state index in [0.29, 0.717) is 12.0 Å². The maximum absolute atomic E-state index is 11.7. The summed E-state index contributed by atoms with van der Waals surface area (Å²) in [5.74, 6) is 0.357. The zero-order valence-corrected chi connectivity index (χ0v) is 13.4. The minimum atomic E-state index is -0.981. The van der Waals surface area contributed by atoms with Gasteiger partial charge in [-0.05, 0) is 26.3 Å². The number of hydrogen-bond donors (Lipinski definition) is 1. The van der Waals surface area contributed by atoms with E-state index >= 15 is 0 Å². The van der Waals surface area contributed by atoms with Gasteiger partial charge in [0.25, 0.3) is 0 Å². The van der Waals surface area contributed by atoms with Crippen LogP contribution in [0.3, 0.4) is 0 Å². The maximum atomic E-state index is 11.7. The number of aliphatic hydroxyl groups excluding tert-OH is 1. The maximum Gasteiger partial charge on any atom is 0.314 e. The van der Waals surface area contributed by atoms with Crippen LogP contribution >= 0.6 is 0 Å². The minimum Gasteiger partial charge on any atom is -0.469 e. The number of methoxy groups -OCH3 is 1. The Kier molecular flexibility index (Phi) is 6.79. The molecule has 0 aliphatic heterocycles. The molecule has 1 aromatic heterocycles. The summed E-state index contributed by atoms with van der Waals surface area (Å²) >= 11 is 0. The quantitative estimate of drug-likeness (QED) is 0.619. The number of carbonyl (C=O) groups excluding carboxylic acids is 1. The highest BCUT2D eigenvalue weighted by atomic mass is 16.5. The van der Waals surface area contributed by atoms with Crippen LogP contribution in [0, 0.1) is 5.41 Å². The van der Waals surface area contributed by atoms with Crippen molar-refractivity contribution in [3.63, 3.8) is 0 Å². The van der Waals surface area contributed by atoms with Gasteiger partial charge in [0.05, 0.1) is 24.8 Å². The molecule has 0 aliphatic carbocycles. The molecule has 5 nitrogen and oxygen atoms in total. The number of esters is 1. The number of ether oxygens (including phenoxy) is 1. The van der Waals surface area contributed by atoms with Crippen molar-refractivity contribution in [3.05, 3.63) is 54.3 Å². The smallest absolute Gasteiger partial charge is 0.314 e. The van der Waals surface area contributed by atoms with Gasteiger partial charge in [0.1, 0.15) is 5.76 Å². The molecule has 22 heavy (non-hydrogen) atoms. The van der Waals surface area contributed by atoms with E-state index in [1.807, 2.05) is 24.3 Å². The highest BCUT2D eigenvalue weighted by molar-refractivity contribution is 5.77. The van der Waals surface area contributed by atoms with Gasteiger partial charge in [0.2, 0.25) is 0 Å². The Bertz CT molecular complexity index is 553. The van der Waals surface area contributed by atoms with Crippen molar-refractivity contribution in [1.82, 2.24) is 4.98 Å². The Morgan fingerprint density at radius 2 is 2.18 bits per heavy atom. The average molecular weight is 305 g/mol. The Balaban J connectivity index is 2.55. The lowest BCUT2D eigenvalue weighted by atomic mass is 9.83. The van der Waals surface area contributed by atoms with Crippen molar-refractivity contribution >= 4 is 5.97 Å². The monoisotopic (exact) mass is 305 g/mol. The van der Waals surface area contributed by atoms with Gasteiger partial charge in [-0.3, -0.25) is 4.79 Å². The summed E-state index contributed by atoms with van der Waals surface area (Å²) in [6, 6.07) is 0. The lowest BCUT2D eigenvalue weighted by Crippen LogP contribution is -2.38. The van der Waals surface area contributed by atoms with Crippen molar-refractivity contribution in [2.24, 2.45) is 5.41 Å². The third-order valence-electron chi connectivity index (χ3n) is 3.35. The van der Waals surface area contributed by atoms with Gasteiger partial charge >= 0.3 is 5.97 Å². The first-order chi connectivity index (χ1) is 10.4. The van der Waals surface area contributed by atoms with Crippen LogP contribution in [0.5, 0.6) is 0 Å². The summed E-state index contributed by atoms with van der Waals surface area (Å²) in [6.45, 7) is 5.08. The summed E-state index contributed by atoms with van der Waals surface area (Å²) in [4.78, 5) is 15.5. The predicted molar refractivity (Wildman–Crippen MR) is 84.0 cm³/mol. The largest absolute Gasteiger partial charge is 0.469 e. The van der Waals surface area contributed by atoms with E-state index in [1.54, 1.807) is 33.0 Å². The molecule has 1 rings (SSSR count). The first-order valence-electron chi connectivity index (χ1n) is 7.03. The third-order valence-corrected chi connectivity index (χ3v) is 3.35. The van der Waals surface area contributed by atoms with Crippen molar-refractivity contribution in [1.29, 1.82) is 0 Å². The first kappa shape index (κ1) is 17.9. The van der Waals surface area contributed by atoms with Gasteiger partial charge in [-0.1, -0.05) is 30.4 Å². The zero-order chi connectivity index (χ0) is 16.6. The standard InChI is InChI=1S/C17H23NO4/c1-13(15(19)17(2,3)16(20)21-4)9-7-5-6-8-10-14-11-18-12-22-14/h5-9,11-12,15,19H,10H2,1-4H3/b7-5+,8-6+,13-9+. The number of aromatic nitrogens is 1. The number of nitrogens with zero attached hydrogens (tertiary/aromatic N) is 1. The highest BCUT2D eigenvalue weighted by Gasteiger charge is 2.37. The molecule has 1 heterocycles. The number of allylic oxidation sites excluding steroid dienone is 5. The molecule has 0 saturated carbocycles. The van der Waals surface area contributed by atoms with Gasteiger partial charge in [0.15, 0.2) is 6.39 Å². The number of hydrogen-bond acceptors (Lipinski definition) is 5. The van der Waals surface area contributed by atoms with Gasteiger partial charge in [-0.15, -0.1) is 0 Å². The number of rotatable bonds is 7. The normalized spacial score (nSPS) is 14.7. The Hall–Kier alpha value is -2.14. The van der Waals surface area contributed by atoms with Crippen LogP contribution in [0.2, 0.25) is 0 Å². The van der Waals surface area contributed by atoms with Crippen LogP contribution in [-0.2, 0) is 16.0 Å². The Morgan fingerprint density at radius 3 is 2.77 bits per heavy atom. The molecule has 1 atom stereocenters. The summed E-state index contributed by atoms with van der Waals surface area (Å²) in [5.41, 5.74) is -0.291. The summed E-state index contributed by atoms with van der Waals surface area (Å²) in [7, 11) is 1.31. The summed E-state index contributed by atoms with van der Waals surface area (Å²) in [5, 5.41) is 10.2. The van der Waals surface area contributed by atoms with Gasteiger partial charge in [0, 0.05) is 6.42 Å². The van der Waals surface area contributed by atoms with Crippen LogP contribution < -0.4 is 0 Å². The first-order valence-corrected chi connectivity index (χ1v) is 7.03. The zero-order valence-electron chi connectivity index (χ0n) is 13.4. The van der Waals surface area contributed by atoms with Crippen molar-refractivity contribution in [3.8, 4) is 0 Å². The van der Waals surface area contributed by atoms with E-state index in [2.05, 4.69) is 4.98 Å². The van der Waals surface area contributed by atoms with Crippen molar-refractivity contribution < 1.29 is 19.1 Å². The molecule has 120 valence electrons. The van der Waals surface area contributed by atoms with Crippen LogP contribution in [-0.4, -0.2) is 29.3 Å². The molecule has 0 aliphatic rings. The predicted octanol–water partition coefficient (Wildman–Crippen LogP) is 2.84. The van der Waals surface area contributed by atoms with E-state index in [0.717, 1.165) is 5.76 Å². The molecular weight excluding hydrogens is 282 g/mol. The van der Waals surface area contributed by atoms with Crippen LogP contribution in [0.4, 0.5) is 0 Å². The number of oxazole rings is 1. The third kappa shape index (κ3) is 5.00. The molecule has 0 aromatic carbocycles. The van der Waals surface area contributed by atoms with E-state index in [1.165, 1.54) is 13.5 Å². The molecule has 0 bridgehead atoms. The van der Waals surface area contributed by atoms with Gasteiger partial charge < -0.3 is 14.3 Å². The lowest BCUT2D eigenvalue weighted by Gasteiger charge is -2.28. The fourth-order valence-electron chi connectivity index (χ4n) is 1.91. The summed E-state index contributed by atoms with van der Waals surface area (Å²) in [6.07, 6.45) is 12.1. The molecule has 1 N–H and O–H groups in total. The fourth-order valence-corrected chi connectivity index (χ4v) is 1.91. The Labute approximate surface area is 131 Å². The van der Waals surface area contributed by atoms with Crippen LogP contribution in [0.1, 0.15) is 26.5 Å². The number of carbonyl (C=O) groups is 1. The second kappa shape index (κ2) is 8.34. The Morgan fingerprint density at radius 1 is 1.45 bits per heavy atom. The summed E-state index contributed by atoms with van der Waals surface area (Å²) < 4.78 is 9.81. The molecule has 0 saturated heterocycles. The molecule has 5 heteroatoms. The molecule has 1 unspecified atom stereocenters. The van der Waals surface area contributed by atoms with E-state index in [9.17, 15) is 9.90 Å². The molecule has 0 radical (unpaired) electrons. The van der Waals surface area contributed by atoms with E-state index in [4.69, 9.17) is 9.15 Å². The van der Waals surface area contributed by atoms with Crippen LogP contribution in [0.25, 0.3) is 0 Å². The number of aliphatic hydroxyl groups is 1. The second-order valence-electron chi connectivity index (χ2n) is 5.51. The molecule has 1 aromatic rings. The second-order valence-corrected chi connectivity index (χ2v) is 5.51. The lowest BCUT2D eigenvalue weighted by molar-refractivity contribution is -0.155. The molecule has 0 spiro atoms. The minimum absolute atomic E-state index is 0.441. The van der Waals surface area contributed by atoms with Crippen LogP contribution in [0.15, 0.2) is 53.0 Å².